The molecule has 2 N–H and O–H groups in total. The fourth-order valence-corrected chi connectivity index (χ4v) is 5.68. The van der Waals surface area contributed by atoms with Crippen LogP contribution in [0.1, 0.15) is 59.8 Å². The SMILES string of the molecule is CCN(c1cc(Cl)cc(C(=O)NCc2c(=O)cc(C)n3cc[nH]c23)c1C)C1CCC(N(C)C)CC1. The quantitative estimate of drug-likeness (QED) is 0.503. The van der Waals surface area contributed by atoms with Crippen LogP contribution in [0.15, 0.2) is 35.4 Å². The molecule has 1 aliphatic carbocycles. The zero-order valence-electron chi connectivity index (χ0n) is 21.3. The minimum Gasteiger partial charge on any atom is -0.369 e. The molecule has 1 aromatic carbocycles. The molecule has 0 aliphatic heterocycles. The predicted molar refractivity (Wildman–Crippen MR) is 143 cm³/mol. The van der Waals surface area contributed by atoms with Crippen LogP contribution in [0.5, 0.6) is 0 Å². The van der Waals surface area contributed by atoms with Crippen molar-refractivity contribution in [2.24, 2.45) is 0 Å². The second-order valence-corrected chi connectivity index (χ2v) is 10.2. The third-order valence-corrected chi connectivity index (χ3v) is 7.71. The van der Waals surface area contributed by atoms with E-state index in [1.165, 1.54) is 12.8 Å². The lowest BCUT2D eigenvalue weighted by molar-refractivity contribution is 0.0950. The number of carbonyl (C=O) groups excluding carboxylic acids is 1. The summed E-state index contributed by atoms with van der Waals surface area (Å²) in [6, 6.07) is 6.35. The zero-order chi connectivity index (χ0) is 25.3. The van der Waals surface area contributed by atoms with Crippen LogP contribution < -0.4 is 15.6 Å². The van der Waals surface area contributed by atoms with Crippen molar-refractivity contribution in [2.75, 3.05) is 25.5 Å². The first-order chi connectivity index (χ1) is 16.7. The molecule has 0 unspecified atom stereocenters. The Bertz CT molecular complexity index is 1270. The lowest BCUT2D eigenvalue weighted by Gasteiger charge is -2.40. The molecule has 8 heteroatoms. The molecule has 1 amide bonds. The number of hydrogen-bond acceptors (Lipinski definition) is 4. The van der Waals surface area contributed by atoms with Gasteiger partial charge in [0.25, 0.3) is 5.91 Å². The number of amides is 1. The molecule has 3 aromatic rings. The van der Waals surface area contributed by atoms with Gasteiger partial charge in [0.05, 0.1) is 12.1 Å². The van der Waals surface area contributed by atoms with Gasteiger partial charge in [-0.3, -0.25) is 9.59 Å². The molecule has 2 aromatic heterocycles. The van der Waals surface area contributed by atoms with E-state index in [1.54, 1.807) is 18.3 Å². The number of halogens is 1. The van der Waals surface area contributed by atoms with Gasteiger partial charge in [-0.1, -0.05) is 11.6 Å². The molecule has 2 heterocycles. The van der Waals surface area contributed by atoms with Crippen LogP contribution in [-0.2, 0) is 6.54 Å². The largest absolute Gasteiger partial charge is 0.369 e. The van der Waals surface area contributed by atoms with Gasteiger partial charge in [0.2, 0.25) is 0 Å². The maximum Gasteiger partial charge on any atom is 0.251 e. The van der Waals surface area contributed by atoms with E-state index in [-0.39, 0.29) is 17.9 Å². The summed E-state index contributed by atoms with van der Waals surface area (Å²) < 4.78 is 1.91. The van der Waals surface area contributed by atoms with Crippen molar-refractivity contribution in [1.82, 2.24) is 19.6 Å². The number of carbonyl (C=O) groups is 1. The van der Waals surface area contributed by atoms with E-state index < -0.39 is 0 Å². The third-order valence-electron chi connectivity index (χ3n) is 7.49. The molecule has 1 aliphatic rings. The number of aromatic amines is 1. The Hall–Kier alpha value is -2.77. The molecule has 1 saturated carbocycles. The van der Waals surface area contributed by atoms with Crippen molar-refractivity contribution in [3.05, 3.63) is 68.2 Å². The zero-order valence-corrected chi connectivity index (χ0v) is 22.1. The average molecular weight is 498 g/mol. The number of fused-ring (bicyclic) bond motifs is 1. The van der Waals surface area contributed by atoms with Crippen molar-refractivity contribution in [1.29, 1.82) is 0 Å². The highest BCUT2D eigenvalue weighted by molar-refractivity contribution is 6.31. The first-order valence-corrected chi connectivity index (χ1v) is 12.8. The van der Waals surface area contributed by atoms with E-state index in [4.69, 9.17) is 11.6 Å². The minimum absolute atomic E-state index is 0.0979. The van der Waals surface area contributed by atoms with Gasteiger partial charge in [-0.25, -0.2) is 0 Å². The summed E-state index contributed by atoms with van der Waals surface area (Å²) in [6.45, 7) is 7.01. The van der Waals surface area contributed by atoms with Crippen molar-refractivity contribution in [2.45, 2.75) is 65.1 Å². The predicted octanol–water partition coefficient (Wildman–Crippen LogP) is 4.53. The fourth-order valence-electron chi connectivity index (χ4n) is 5.47. The molecule has 0 spiro atoms. The monoisotopic (exact) mass is 497 g/mol. The van der Waals surface area contributed by atoms with Crippen LogP contribution in [0, 0.1) is 13.8 Å². The Labute approximate surface area is 212 Å². The molecule has 1 fully saturated rings. The number of nitrogens with zero attached hydrogens (tertiary/aromatic N) is 3. The number of imidazole rings is 1. The van der Waals surface area contributed by atoms with E-state index in [0.29, 0.717) is 33.9 Å². The second-order valence-electron chi connectivity index (χ2n) is 9.80. The standard InChI is InChI=1S/C27H36ClN5O2/c1-6-32(21-9-7-20(8-10-21)31(4)5)24-15-19(28)14-22(18(24)3)27(35)30-16-23-25(34)13-17(2)33-12-11-29-26(23)33/h11-15,20-21,29H,6-10,16H2,1-5H3,(H,30,35). The van der Waals surface area contributed by atoms with E-state index in [9.17, 15) is 9.59 Å². The molecule has 35 heavy (non-hydrogen) atoms. The Kier molecular flexibility index (Phi) is 7.57. The fraction of sp³-hybridized carbons (Fsp3) is 0.481. The van der Waals surface area contributed by atoms with Gasteiger partial charge >= 0.3 is 0 Å². The molecule has 0 saturated heterocycles. The van der Waals surface area contributed by atoms with Gasteiger partial charge in [-0.05, 0) is 78.2 Å². The highest BCUT2D eigenvalue weighted by Crippen LogP contribution is 2.34. The summed E-state index contributed by atoms with van der Waals surface area (Å²) in [5, 5.41) is 3.49. The number of pyridine rings is 1. The topological polar surface area (TPSA) is 72.9 Å². The van der Waals surface area contributed by atoms with Crippen LogP contribution in [0.3, 0.4) is 0 Å². The number of nitrogens with one attached hydrogen (secondary N) is 2. The molecular formula is C27H36ClN5O2. The number of H-pyrrole nitrogens is 1. The second kappa shape index (κ2) is 10.5. The third kappa shape index (κ3) is 5.11. The van der Waals surface area contributed by atoms with Crippen LogP contribution in [0.25, 0.3) is 5.65 Å². The summed E-state index contributed by atoms with van der Waals surface area (Å²) in [6.07, 6.45) is 8.22. The summed E-state index contributed by atoms with van der Waals surface area (Å²) in [4.78, 5) is 33.8. The molecule has 0 radical (unpaired) electrons. The Morgan fingerprint density at radius 3 is 2.49 bits per heavy atom. The van der Waals surface area contributed by atoms with Gasteiger partial charge < -0.3 is 24.5 Å². The van der Waals surface area contributed by atoms with Crippen molar-refractivity contribution in [3.63, 3.8) is 0 Å². The Balaban J connectivity index is 1.56. The maximum atomic E-state index is 13.3. The molecule has 0 bridgehead atoms. The summed E-state index contributed by atoms with van der Waals surface area (Å²) in [5.41, 5.74) is 4.44. The number of anilines is 1. The lowest BCUT2D eigenvalue weighted by atomic mass is 9.89. The maximum absolute atomic E-state index is 13.3. The minimum atomic E-state index is -0.233. The highest BCUT2D eigenvalue weighted by atomic mass is 35.5. The molecule has 188 valence electrons. The van der Waals surface area contributed by atoms with Gasteiger partial charge in [-0.2, -0.15) is 0 Å². The van der Waals surface area contributed by atoms with Gasteiger partial charge in [0, 0.05) is 59.1 Å². The molecule has 7 nitrogen and oxygen atoms in total. The Morgan fingerprint density at radius 2 is 1.83 bits per heavy atom. The number of hydrogen-bond donors (Lipinski definition) is 2. The summed E-state index contributed by atoms with van der Waals surface area (Å²) in [7, 11) is 4.31. The number of benzene rings is 1. The van der Waals surface area contributed by atoms with Gasteiger partial charge in [0.15, 0.2) is 5.43 Å². The Morgan fingerprint density at radius 1 is 1.14 bits per heavy atom. The highest BCUT2D eigenvalue weighted by Gasteiger charge is 2.28. The molecular weight excluding hydrogens is 462 g/mol. The number of aryl methyl sites for hydroxylation is 1. The van der Waals surface area contributed by atoms with E-state index in [2.05, 4.69) is 41.1 Å². The first kappa shape index (κ1) is 25.3. The van der Waals surface area contributed by atoms with Crippen molar-refractivity contribution >= 4 is 28.8 Å². The lowest BCUT2D eigenvalue weighted by Crippen LogP contribution is -2.42. The number of aromatic nitrogens is 2. The average Bonchev–Trinajstić information content (AvgIpc) is 3.32. The summed E-state index contributed by atoms with van der Waals surface area (Å²) >= 11 is 6.52. The summed E-state index contributed by atoms with van der Waals surface area (Å²) in [5.74, 6) is -0.233. The van der Waals surface area contributed by atoms with E-state index >= 15 is 0 Å². The van der Waals surface area contributed by atoms with Gasteiger partial charge in [0.1, 0.15) is 5.65 Å². The molecule has 0 atom stereocenters. The van der Waals surface area contributed by atoms with Crippen LogP contribution in [-0.4, -0.2) is 52.9 Å². The van der Waals surface area contributed by atoms with Crippen molar-refractivity contribution < 1.29 is 4.79 Å². The smallest absolute Gasteiger partial charge is 0.251 e. The van der Waals surface area contributed by atoms with Crippen molar-refractivity contribution in [3.8, 4) is 0 Å². The molecule has 4 rings (SSSR count). The van der Waals surface area contributed by atoms with Crippen LogP contribution in [0.2, 0.25) is 5.02 Å². The first-order valence-electron chi connectivity index (χ1n) is 12.4. The van der Waals surface area contributed by atoms with E-state index in [0.717, 1.165) is 36.3 Å². The van der Waals surface area contributed by atoms with Crippen LogP contribution >= 0.6 is 11.6 Å². The van der Waals surface area contributed by atoms with E-state index in [1.807, 2.05) is 30.5 Å². The van der Waals surface area contributed by atoms with Gasteiger partial charge in [-0.15, -0.1) is 0 Å². The van der Waals surface area contributed by atoms with Crippen LogP contribution in [0.4, 0.5) is 5.69 Å². The normalized spacial score (nSPS) is 18.3. The number of rotatable bonds is 7.